The van der Waals surface area contributed by atoms with Gasteiger partial charge in [-0.15, -0.1) is 0 Å². The van der Waals surface area contributed by atoms with Crippen molar-refractivity contribution < 1.29 is 4.57 Å². The van der Waals surface area contributed by atoms with E-state index in [4.69, 9.17) is 0 Å². The van der Waals surface area contributed by atoms with E-state index in [0.29, 0.717) is 0 Å². The van der Waals surface area contributed by atoms with E-state index >= 15 is 0 Å². The molecule has 2 aromatic rings. The van der Waals surface area contributed by atoms with E-state index in [-0.39, 0.29) is 0 Å². The van der Waals surface area contributed by atoms with Gasteiger partial charge in [-0.05, 0) is 0 Å². The third-order valence-electron chi connectivity index (χ3n) is 2.39. The number of benzene rings is 1. The van der Waals surface area contributed by atoms with Gasteiger partial charge >= 0.3 is 0 Å². The summed E-state index contributed by atoms with van der Waals surface area (Å²) in [5, 5.41) is 0. The summed E-state index contributed by atoms with van der Waals surface area (Å²) < 4.78 is 2.23. The third-order valence-corrected chi connectivity index (χ3v) is 2.39. The first kappa shape index (κ1) is 6.00. The molecule has 1 aromatic carbocycles. The Morgan fingerprint density at radius 1 is 1.25 bits per heavy atom. The van der Waals surface area contributed by atoms with Gasteiger partial charge in [0.2, 0.25) is 6.33 Å². The van der Waals surface area contributed by atoms with Crippen LogP contribution in [-0.2, 0) is 6.54 Å². The monoisotopic (exact) mass is 157 g/mol. The van der Waals surface area contributed by atoms with E-state index < -0.39 is 0 Å². The minimum absolute atomic E-state index is 1.01. The Kier molecular flexibility index (Phi) is 0.987. The van der Waals surface area contributed by atoms with E-state index in [1.165, 1.54) is 16.8 Å². The molecular weight excluding hydrogens is 148 g/mol. The lowest BCUT2D eigenvalue weighted by atomic mass is 10.1. The SMILES string of the molecule is c1ccc2c(c1)C[n+]1c[nH]cc1-2. The Hall–Kier alpha value is -1.57. The van der Waals surface area contributed by atoms with E-state index in [1.54, 1.807) is 0 Å². The molecule has 2 heterocycles. The van der Waals surface area contributed by atoms with Crippen molar-refractivity contribution in [3.8, 4) is 11.3 Å². The fraction of sp³-hybridized carbons (Fsp3) is 0.100. The second-order valence-corrected chi connectivity index (χ2v) is 3.11. The van der Waals surface area contributed by atoms with Crippen LogP contribution < -0.4 is 4.57 Å². The lowest BCUT2D eigenvalue weighted by Gasteiger charge is -1.90. The van der Waals surface area contributed by atoms with Crippen LogP contribution in [0.25, 0.3) is 11.3 Å². The van der Waals surface area contributed by atoms with Crippen LogP contribution in [-0.4, -0.2) is 4.98 Å². The summed E-state index contributed by atoms with van der Waals surface area (Å²) in [5.74, 6) is 0. The minimum Gasteiger partial charge on any atom is -0.250 e. The van der Waals surface area contributed by atoms with Crippen molar-refractivity contribution >= 4 is 0 Å². The van der Waals surface area contributed by atoms with Gasteiger partial charge in [0.25, 0.3) is 0 Å². The van der Waals surface area contributed by atoms with E-state index in [9.17, 15) is 0 Å². The van der Waals surface area contributed by atoms with Crippen LogP contribution in [0.5, 0.6) is 0 Å². The van der Waals surface area contributed by atoms with Gasteiger partial charge in [0.15, 0.2) is 5.69 Å². The standard InChI is InChI=1S/C10H8N2/c1-2-4-9-8(3-1)6-12-7-11-5-10(9)12/h1-5,7H,6H2/p+1. The van der Waals surface area contributed by atoms with Gasteiger partial charge in [-0.2, -0.15) is 0 Å². The minimum atomic E-state index is 1.01. The van der Waals surface area contributed by atoms with Crippen LogP contribution in [0.1, 0.15) is 5.56 Å². The summed E-state index contributed by atoms with van der Waals surface area (Å²) in [5.41, 5.74) is 4.07. The number of imidazole rings is 1. The number of rotatable bonds is 0. The molecule has 0 spiro atoms. The molecule has 0 atom stereocenters. The molecule has 1 aromatic heterocycles. The Morgan fingerprint density at radius 2 is 2.17 bits per heavy atom. The van der Waals surface area contributed by atoms with Crippen LogP contribution in [0.4, 0.5) is 0 Å². The van der Waals surface area contributed by atoms with Crippen molar-refractivity contribution in [3.05, 3.63) is 42.4 Å². The summed E-state index contributed by atoms with van der Waals surface area (Å²) in [6.07, 6.45) is 4.06. The molecule has 0 amide bonds. The highest BCUT2D eigenvalue weighted by atomic mass is 15.1. The summed E-state index contributed by atoms with van der Waals surface area (Å²) in [7, 11) is 0. The van der Waals surface area contributed by atoms with Crippen LogP contribution >= 0.6 is 0 Å². The van der Waals surface area contributed by atoms with E-state index in [0.717, 1.165) is 6.54 Å². The van der Waals surface area contributed by atoms with Gasteiger partial charge in [-0.3, -0.25) is 0 Å². The molecule has 1 aliphatic rings. The normalized spacial score (nSPS) is 12.7. The number of nitrogens with one attached hydrogen (secondary N) is 1. The quantitative estimate of drug-likeness (QED) is 0.475. The maximum Gasteiger partial charge on any atom is 0.242 e. The van der Waals surface area contributed by atoms with Gasteiger partial charge in [0.05, 0.1) is 0 Å². The van der Waals surface area contributed by atoms with Gasteiger partial charge in [0, 0.05) is 11.1 Å². The summed E-state index contributed by atoms with van der Waals surface area (Å²) in [4.78, 5) is 3.10. The molecule has 0 saturated carbocycles. The molecule has 12 heavy (non-hydrogen) atoms. The third kappa shape index (κ3) is 0.619. The largest absolute Gasteiger partial charge is 0.250 e. The maximum absolute atomic E-state index is 3.10. The fourth-order valence-electron chi connectivity index (χ4n) is 1.81. The number of hydrogen-bond donors (Lipinski definition) is 1. The van der Waals surface area contributed by atoms with E-state index in [2.05, 4.69) is 33.8 Å². The van der Waals surface area contributed by atoms with Gasteiger partial charge < -0.3 is 0 Å². The van der Waals surface area contributed by atoms with Crippen LogP contribution in [0.15, 0.2) is 36.8 Å². The smallest absolute Gasteiger partial charge is 0.242 e. The molecule has 3 rings (SSSR count). The molecule has 0 radical (unpaired) electrons. The first-order valence-electron chi connectivity index (χ1n) is 4.09. The lowest BCUT2D eigenvalue weighted by Crippen LogP contribution is -2.28. The predicted molar refractivity (Wildman–Crippen MR) is 45.5 cm³/mol. The second kappa shape index (κ2) is 1.97. The van der Waals surface area contributed by atoms with Gasteiger partial charge in [-0.25, -0.2) is 9.55 Å². The number of hydrogen-bond acceptors (Lipinski definition) is 0. The number of H-pyrrole nitrogens is 1. The van der Waals surface area contributed by atoms with Crippen LogP contribution in [0, 0.1) is 0 Å². The average Bonchev–Trinajstić information content (AvgIpc) is 2.62. The average molecular weight is 157 g/mol. The highest BCUT2D eigenvalue weighted by Gasteiger charge is 2.22. The van der Waals surface area contributed by atoms with E-state index in [1.807, 2.05) is 12.5 Å². The molecule has 1 N–H and O–H groups in total. The highest BCUT2D eigenvalue weighted by Crippen LogP contribution is 2.24. The van der Waals surface area contributed by atoms with Crippen molar-refractivity contribution in [1.82, 2.24) is 4.98 Å². The highest BCUT2D eigenvalue weighted by molar-refractivity contribution is 5.62. The summed E-state index contributed by atoms with van der Waals surface area (Å²) in [6.45, 7) is 1.01. The number of aromatic nitrogens is 2. The number of fused-ring (bicyclic) bond motifs is 3. The van der Waals surface area contributed by atoms with Crippen molar-refractivity contribution in [2.45, 2.75) is 6.54 Å². The molecule has 0 unspecified atom stereocenters. The molecule has 58 valence electrons. The first-order valence-corrected chi connectivity index (χ1v) is 4.09. The molecule has 2 heteroatoms. The van der Waals surface area contributed by atoms with Crippen molar-refractivity contribution in [1.29, 1.82) is 0 Å². The Balaban J connectivity index is 2.34. The molecule has 0 saturated heterocycles. The molecular formula is C10H9N2+. The molecule has 0 fully saturated rings. The van der Waals surface area contributed by atoms with Crippen LogP contribution in [0.2, 0.25) is 0 Å². The number of nitrogens with zero attached hydrogens (tertiary/aromatic N) is 1. The topological polar surface area (TPSA) is 19.7 Å². The zero-order valence-electron chi connectivity index (χ0n) is 6.62. The zero-order valence-corrected chi connectivity index (χ0v) is 6.62. The Morgan fingerprint density at radius 3 is 3.17 bits per heavy atom. The molecule has 0 bridgehead atoms. The molecule has 2 nitrogen and oxygen atoms in total. The first-order chi connectivity index (χ1) is 5.95. The zero-order chi connectivity index (χ0) is 7.97. The summed E-state index contributed by atoms with van der Waals surface area (Å²) >= 11 is 0. The van der Waals surface area contributed by atoms with Crippen molar-refractivity contribution in [3.63, 3.8) is 0 Å². The Labute approximate surface area is 70.5 Å². The van der Waals surface area contributed by atoms with Crippen LogP contribution in [0.3, 0.4) is 0 Å². The maximum atomic E-state index is 3.10. The Bertz CT molecular complexity index is 429. The lowest BCUT2D eigenvalue weighted by molar-refractivity contribution is -0.671. The fourth-order valence-corrected chi connectivity index (χ4v) is 1.81. The molecule has 0 aliphatic carbocycles. The number of aromatic amines is 1. The van der Waals surface area contributed by atoms with Crippen molar-refractivity contribution in [2.75, 3.05) is 0 Å². The molecule has 1 aliphatic heterocycles. The predicted octanol–water partition coefficient (Wildman–Crippen LogP) is 1.33. The second-order valence-electron chi connectivity index (χ2n) is 3.11. The van der Waals surface area contributed by atoms with Gasteiger partial charge in [0.1, 0.15) is 12.7 Å². The van der Waals surface area contributed by atoms with Crippen molar-refractivity contribution in [2.24, 2.45) is 0 Å². The summed E-state index contributed by atoms with van der Waals surface area (Å²) in [6, 6.07) is 8.53. The van der Waals surface area contributed by atoms with Gasteiger partial charge in [-0.1, -0.05) is 24.3 Å².